The summed E-state index contributed by atoms with van der Waals surface area (Å²) in [4.78, 5) is 16.5. The lowest BCUT2D eigenvalue weighted by molar-refractivity contribution is -0.135. The van der Waals surface area contributed by atoms with E-state index in [0.717, 1.165) is 17.0 Å². The van der Waals surface area contributed by atoms with Crippen molar-refractivity contribution in [3.8, 4) is 0 Å². The molecule has 22 heavy (non-hydrogen) atoms. The molecule has 2 saturated heterocycles. The average molecular weight is 326 g/mol. The summed E-state index contributed by atoms with van der Waals surface area (Å²) in [6.45, 7) is 5.07. The van der Waals surface area contributed by atoms with Crippen LogP contribution in [0.1, 0.15) is 17.0 Å². The third-order valence-electron chi connectivity index (χ3n) is 4.88. The van der Waals surface area contributed by atoms with E-state index >= 15 is 0 Å². The Hall–Kier alpha value is -1.41. The van der Waals surface area contributed by atoms with E-state index in [0.29, 0.717) is 13.1 Å². The van der Waals surface area contributed by atoms with Gasteiger partial charge in [-0.15, -0.1) is 0 Å². The second-order valence-corrected chi connectivity index (χ2v) is 8.52. The molecule has 0 bridgehead atoms. The number of carbonyl (C=O) groups is 1. The van der Waals surface area contributed by atoms with Gasteiger partial charge >= 0.3 is 0 Å². The van der Waals surface area contributed by atoms with E-state index in [9.17, 15) is 13.2 Å². The van der Waals surface area contributed by atoms with Gasteiger partial charge in [-0.3, -0.25) is 14.8 Å². The highest BCUT2D eigenvalue weighted by molar-refractivity contribution is 7.91. The van der Waals surface area contributed by atoms with Crippen molar-refractivity contribution in [2.24, 2.45) is 0 Å². The van der Waals surface area contributed by atoms with Gasteiger partial charge in [0.05, 0.1) is 29.7 Å². The van der Waals surface area contributed by atoms with Crippen LogP contribution in [0.15, 0.2) is 0 Å². The van der Waals surface area contributed by atoms with Crippen LogP contribution in [0.5, 0.6) is 0 Å². The number of sulfone groups is 1. The molecule has 0 spiro atoms. The van der Waals surface area contributed by atoms with Gasteiger partial charge in [0.1, 0.15) is 0 Å². The van der Waals surface area contributed by atoms with Gasteiger partial charge in [0, 0.05) is 30.4 Å². The van der Waals surface area contributed by atoms with Crippen molar-refractivity contribution in [3.05, 3.63) is 17.0 Å². The van der Waals surface area contributed by atoms with Crippen LogP contribution >= 0.6 is 0 Å². The largest absolute Gasteiger partial charge is 0.336 e. The number of hydrogen-bond donors (Lipinski definition) is 1. The Labute approximate surface area is 130 Å². The quantitative estimate of drug-likeness (QED) is 0.792. The van der Waals surface area contributed by atoms with Crippen LogP contribution in [0, 0.1) is 13.8 Å². The van der Waals surface area contributed by atoms with Gasteiger partial charge in [-0.05, 0) is 20.9 Å². The number of hydrogen-bond acceptors (Lipinski definition) is 5. The van der Waals surface area contributed by atoms with E-state index in [1.165, 1.54) is 0 Å². The van der Waals surface area contributed by atoms with Crippen molar-refractivity contribution in [3.63, 3.8) is 0 Å². The number of aromatic nitrogens is 2. The Bertz CT molecular complexity index is 677. The molecule has 0 aliphatic carbocycles. The number of likely N-dealkylation sites (N-methyl/N-ethyl adjacent to an activating group) is 1. The number of nitrogens with zero attached hydrogens (tertiary/aromatic N) is 3. The SMILES string of the molecule is Cc1n[nH]c(C)c1CC(=O)N1CCN(C)[C@@H]2CS(=O)(=O)C[C@@H]21. The molecule has 2 aliphatic heterocycles. The van der Waals surface area contributed by atoms with Crippen molar-refractivity contribution in [1.82, 2.24) is 20.0 Å². The van der Waals surface area contributed by atoms with Gasteiger partial charge < -0.3 is 4.90 Å². The predicted octanol–water partition coefficient (Wildman–Crippen LogP) is -0.491. The fraction of sp³-hybridized carbons (Fsp3) is 0.714. The summed E-state index contributed by atoms with van der Waals surface area (Å²) in [7, 11) is -1.13. The molecule has 2 fully saturated rings. The standard InChI is InChI=1S/C14H22N4O3S/c1-9-11(10(2)16-15-9)6-14(19)18-5-4-17(3)12-7-22(20,21)8-13(12)18/h12-13H,4-8H2,1-3H3,(H,15,16)/t12-,13+/m1/s1. The number of H-pyrrole nitrogens is 1. The van der Waals surface area contributed by atoms with E-state index in [1.54, 1.807) is 4.90 Å². The number of nitrogens with one attached hydrogen (secondary N) is 1. The minimum Gasteiger partial charge on any atom is -0.336 e. The molecule has 1 amide bonds. The van der Waals surface area contributed by atoms with Crippen LogP contribution in [-0.2, 0) is 21.1 Å². The second kappa shape index (κ2) is 5.34. The molecule has 2 aliphatic rings. The zero-order valence-corrected chi connectivity index (χ0v) is 14.0. The predicted molar refractivity (Wildman–Crippen MR) is 82.3 cm³/mol. The van der Waals surface area contributed by atoms with E-state index in [1.807, 2.05) is 20.9 Å². The summed E-state index contributed by atoms with van der Waals surface area (Å²) in [5, 5.41) is 7.00. The fourth-order valence-corrected chi connectivity index (χ4v) is 5.58. The maximum atomic E-state index is 12.7. The van der Waals surface area contributed by atoms with Gasteiger partial charge in [0.25, 0.3) is 0 Å². The van der Waals surface area contributed by atoms with Crippen LogP contribution < -0.4 is 0 Å². The molecule has 0 aromatic carbocycles. The number of carbonyl (C=O) groups excluding carboxylic acids is 1. The fourth-order valence-electron chi connectivity index (χ4n) is 3.52. The third kappa shape index (κ3) is 2.65. The molecule has 7 nitrogen and oxygen atoms in total. The Balaban J connectivity index is 1.81. The van der Waals surface area contributed by atoms with Crippen molar-refractivity contribution in [1.29, 1.82) is 0 Å². The topological polar surface area (TPSA) is 86.4 Å². The van der Waals surface area contributed by atoms with Crippen LogP contribution in [0.3, 0.4) is 0 Å². The summed E-state index contributed by atoms with van der Waals surface area (Å²) in [5.74, 6) is 0.228. The molecule has 8 heteroatoms. The normalized spacial score (nSPS) is 27.9. The number of rotatable bonds is 2. The smallest absolute Gasteiger partial charge is 0.227 e. The molecule has 0 radical (unpaired) electrons. The first-order valence-corrected chi connectivity index (χ1v) is 9.31. The first-order valence-electron chi connectivity index (χ1n) is 7.49. The van der Waals surface area contributed by atoms with Crippen molar-refractivity contribution >= 4 is 15.7 Å². The summed E-state index contributed by atoms with van der Waals surface area (Å²) in [6, 6.07) is -0.294. The van der Waals surface area contributed by atoms with E-state index in [-0.39, 0.29) is 35.9 Å². The Morgan fingerprint density at radius 3 is 2.59 bits per heavy atom. The first-order chi connectivity index (χ1) is 10.3. The second-order valence-electron chi connectivity index (χ2n) is 6.37. The number of amides is 1. The first kappa shape index (κ1) is 15.5. The zero-order valence-electron chi connectivity index (χ0n) is 13.2. The summed E-state index contributed by atoms with van der Waals surface area (Å²) in [6.07, 6.45) is 0.279. The van der Waals surface area contributed by atoms with Crippen LogP contribution in [0.2, 0.25) is 0 Å². The van der Waals surface area contributed by atoms with Gasteiger partial charge in [0.2, 0.25) is 5.91 Å². The summed E-state index contributed by atoms with van der Waals surface area (Å²) >= 11 is 0. The number of aryl methyl sites for hydroxylation is 2. The number of piperazine rings is 1. The maximum Gasteiger partial charge on any atom is 0.227 e. The number of aromatic amines is 1. The Morgan fingerprint density at radius 2 is 1.95 bits per heavy atom. The molecular formula is C14H22N4O3S. The van der Waals surface area contributed by atoms with Crippen molar-refractivity contribution in [2.75, 3.05) is 31.6 Å². The molecule has 0 unspecified atom stereocenters. The molecular weight excluding hydrogens is 304 g/mol. The third-order valence-corrected chi connectivity index (χ3v) is 6.58. The highest BCUT2D eigenvalue weighted by Crippen LogP contribution is 2.26. The molecule has 2 atom stereocenters. The summed E-state index contributed by atoms with van der Waals surface area (Å²) in [5.41, 5.74) is 2.65. The van der Waals surface area contributed by atoms with E-state index in [2.05, 4.69) is 15.1 Å². The average Bonchev–Trinajstić information content (AvgIpc) is 2.92. The van der Waals surface area contributed by atoms with Crippen LogP contribution in [0.4, 0.5) is 0 Å². The molecule has 0 saturated carbocycles. The molecule has 3 heterocycles. The van der Waals surface area contributed by atoms with Crippen LogP contribution in [-0.4, -0.2) is 78.0 Å². The monoisotopic (exact) mass is 326 g/mol. The Kier molecular flexibility index (Phi) is 3.76. The maximum absolute atomic E-state index is 12.7. The minimum atomic E-state index is -3.06. The van der Waals surface area contributed by atoms with Gasteiger partial charge in [-0.1, -0.05) is 0 Å². The van der Waals surface area contributed by atoms with E-state index in [4.69, 9.17) is 0 Å². The van der Waals surface area contributed by atoms with Gasteiger partial charge in [0.15, 0.2) is 9.84 Å². The highest BCUT2D eigenvalue weighted by atomic mass is 32.2. The molecule has 1 N–H and O–H groups in total. The highest BCUT2D eigenvalue weighted by Gasteiger charge is 2.46. The van der Waals surface area contributed by atoms with Crippen molar-refractivity contribution < 1.29 is 13.2 Å². The molecule has 3 rings (SSSR count). The number of fused-ring (bicyclic) bond motifs is 1. The minimum absolute atomic E-state index is 0.00667. The lowest BCUT2D eigenvalue weighted by Crippen LogP contribution is -2.59. The Morgan fingerprint density at radius 1 is 1.27 bits per heavy atom. The van der Waals surface area contributed by atoms with Crippen molar-refractivity contribution in [2.45, 2.75) is 32.4 Å². The van der Waals surface area contributed by atoms with Gasteiger partial charge in [-0.2, -0.15) is 5.10 Å². The summed E-state index contributed by atoms with van der Waals surface area (Å²) < 4.78 is 23.9. The lowest BCUT2D eigenvalue weighted by Gasteiger charge is -2.42. The van der Waals surface area contributed by atoms with Crippen LogP contribution in [0.25, 0.3) is 0 Å². The zero-order chi connectivity index (χ0) is 16.1. The van der Waals surface area contributed by atoms with Gasteiger partial charge in [-0.25, -0.2) is 8.42 Å². The molecule has 1 aromatic rings. The molecule has 1 aromatic heterocycles. The van der Waals surface area contributed by atoms with E-state index < -0.39 is 9.84 Å². The molecule has 122 valence electrons. The lowest BCUT2D eigenvalue weighted by atomic mass is 10.0.